The summed E-state index contributed by atoms with van der Waals surface area (Å²) in [6.07, 6.45) is 10.1. The third-order valence-corrected chi connectivity index (χ3v) is 4.11. The van der Waals surface area contributed by atoms with Crippen molar-refractivity contribution in [2.24, 2.45) is 0 Å². The van der Waals surface area contributed by atoms with Crippen LogP contribution in [0.4, 0.5) is 0 Å². The summed E-state index contributed by atoms with van der Waals surface area (Å²) >= 11 is 0. The third-order valence-electron chi connectivity index (χ3n) is 4.11. The molecule has 1 saturated carbocycles. The number of hydrogen-bond donors (Lipinski definition) is 1. The van der Waals surface area contributed by atoms with E-state index in [2.05, 4.69) is 17.1 Å². The number of rotatable bonds is 3. The van der Waals surface area contributed by atoms with E-state index in [1.165, 1.54) is 58.0 Å². The standard InChI is InChI=1S/C13H26N2/c1-2-14-12-8-10-15(11-9-12)13-6-4-3-5-7-13/h12-14H,2-11H2,1H3. The topological polar surface area (TPSA) is 15.3 Å². The quantitative estimate of drug-likeness (QED) is 0.769. The van der Waals surface area contributed by atoms with Crippen LogP contribution in [0.15, 0.2) is 0 Å². The fourth-order valence-corrected chi connectivity index (χ4v) is 3.20. The highest BCUT2D eigenvalue weighted by atomic mass is 15.2. The number of likely N-dealkylation sites (tertiary alicyclic amines) is 1. The maximum atomic E-state index is 3.58. The van der Waals surface area contributed by atoms with Crippen LogP contribution in [0.25, 0.3) is 0 Å². The van der Waals surface area contributed by atoms with E-state index in [1.807, 2.05) is 0 Å². The van der Waals surface area contributed by atoms with Crippen LogP contribution in [0.3, 0.4) is 0 Å². The minimum atomic E-state index is 0.801. The molecule has 0 aromatic carbocycles. The Hall–Kier alpha value is -0.0800. The van der Waals surface area contributed by atoms with Crippen LogP contribution in [0.1, 0.15) is 51.9 Å². The number of hydrogen-bond acceptors (Lipinski definition) is 2. The lowest BCUT2D eigenvalue weighted by Gasteiger charge is -2.39. The van der Waals surface area contributed by atoms with Crippen molar-refractivity contribution in [1.29, 1.82) is 0 Å². The monoisotopic (exact) mass is 210 g/mol. The Bertz CT molecular complexity index is 167. The van der Waals surface area contributed by atoms with Crippen molar-refractivity contribution in [3.63, 3.8) is 0 Å². The van der Waals surface area contributed by atoms with E-state index in [9.17, 15) is 0 Å². The van der Waals surface area contributed by atoms with Gasteiger partial charge in [0.2, 0.25) is 0 Å². The average molecular weight is 210 g/mol. The van der Waals surface area contributed by atoms with Crippen molar-refractivity contribution in [1.82, 2.24) is 10.2 Å². The molecule has 0 spiro atoms. The van der Waals surface area contributed by atoms with Gasteiger partial charge in [0.1, 0.15) is 0 Å². The summed E-state index contributed by atoms with van der Waals surface area (Å²) in [4.78, 5) is 2.76. The van der Waals surface area contributed by atoms with Crippen molar-refractivity contribution in [2.75, 3.05) is 19.6 Å². The van der Waals surface area contributed by atoms with Gasteiger partial charge in [-0.1, -0.05) is 26.2 Å². The van der Waals surface area contributed by atoms with Gasteiger partial charge >= 0.3 is 0 Å². The van der Waals surface area contributed by atoms with Crippen LogP contribution >= 0.6 is 0 Å². The summed E-state index contributed by atoms with van der Waals surface area (Å²) in [5, 5.41) is 3.58. The Morgan fingerprint density at radius 2 is 1.67 bits per heavy atom. The second-order valence-electron chi connectivity index (χ2n) is 5.16. The molecule has 2 rings (SSSR count). The lowest BCUT2D eigenvalue weighted by atomic mass is 9.92. The molecule has 0 atom stereocenters. The molecule has 2 aliphatic rings. The predicted octanol–water partition coefficient (Wildman–Crippen LogP) is 2.39. The van der Waals surface area contributed by atoms with Gasteiger partial charge in [0, 0.05) is 12.1 Å². The smallest absolute Gasteiger partial charge is 0.00952 e. The molecule has 0 radical (unpaired) electrons. The highest BCUT2D eigenvalue weighted by Gasteiger charge is 2.25. The van der Waals surface area contributed by atoms with Crippen LogP contribution in [0, 0.1) is 0 Å². The molecule has 1 aliphatic carbocycles. The number of nitrogens with zero attached hydrogens (tertiary/aromatic N) is 1. The SMILES string of the molecule is CCNC1CCN(C2CCCCC2)CC1. The minimum absolute atomic E-state index is 0.801. The lowest BCUT2D eigenvalue weighted by Crippen LogP contribution is -2.47. The van der Waals surface area contributed by atoms with Crippen molar-refractivity contribution in [2.45, 2.75) is 64.0 Å². The first-order valence-electron chi connectivity index (χ1n) is 6.87. The minimum Gasteiger partial charge on any atom is -0.314 e. The summed E-state index contributed by atoms with van der Waals surface area (Å²) in [7, 11) is 0. The molecule has 1 heterocycles. The molecule has 2 fully saturated rings. The fourth-order valence-electron chi connectivity index (χ4n) is 3.20. The summed E-state index contributed by atoms with van der Waals surface area (Å²) in [6, 6.07) is 1.73. The largest absolute Gasteiger partial charge is 0.314 e. The van der Waals surface area contributed by atoms with E-state index < -0.39 is 0 Å². The third kappa shape index (κ3) is 3.18. The van der Waals surface area contributed by atoms with Gasteiger partial charge < -0.3 is 10.2 Å². The van der Waals surface area contributed by atoms with Gasteiger partial charge in [0.15, 0.2) is 0 Å². The fraction of sp³-hybridized carbons (Fsp3) is 1.00. The zero-order chi connectivity index (χ0) is 10.5. The van der Waals surface area contributed by atoms with Gasteiger partial charge in [0.25, 0.3) is 0 Å². The molecule has 1 aliphatic heterocycles. The second-order valence-corrected chi connectivity index (χ2v) is 5.16. The lowest BCUT2D eigenvalue weighted by molar-refractivity contribution is 0.116. The first kappa shape index (κ1) is 11.4. The molecule has 1 N–H and O–H groups in total. The Morgan fingerprint density at radius 1 is 1.00 bits per heavy atom. The molecule has 0 aromatic rings. The Balaban J connectivity index is 1.72. The van der Waals surface area contributed by atoms with Gasteiger partial charge in [-0.25, -0.2) is 0 Å². The van der Waals surface area contributed by atoms with Crippen molar-refractivity contribution in [3.8, 4) is 0 Å². The predicted molar refractivity (Wildman–Crippen MR) is 65.1 cm³/mol. The van der Waals surface area contributed by atoms with Crippen LogP contribution in [-0.2, 0) is 0 Å². The molecular weight excluding hydrogens is 184 g/mol. The van der Waals surface area contributed by atoms with Crippen molar-refractivity contribution >= 4 is 0 Å². The normalized spacial score (nSPS) is 27.0. The second kappa shape index (κ2) is 5.86. The van der Waals surface area contributed by atoms with Crippen LogP contribution in [0.2, 0.25) is 0 Å². The zero-order valence-electron chi connectivity index (χ0n) is 10.2. The van der Waals surface area contributed by atoms with Gasteiger partial charge in [-0.2, -0.15) is 0 Å². The van der Waals surface area contributed by atoms with Crippen LogP contribution < -0.4 is 5.32 Å². The molecule has 0 amide bonds. The zero-order valence-corrected chi connectivity index (χ0v) is 10.2. The number of piperidine rings is 1. The summed E-state index contributed by atoms with van der Waals surface area (Å²) in [5.74, 6) is 0. The van der Waals surface area contributed by atoms with E-state index in [0.717, 1.165) is 18.6 Å². The first-order chi connectivity index (χ1) is 7.40. The molecular formula is C13H26N2. The van der Waals surface area contributed by atoms with E-state index in [-0.39, 0.29) is 0 Å². The van der Waals surface area contributed by atoms with Gasteiger partial charge in [-0.05, 0) is 45.3 Å². The maximum Gasteiger partial charge on any atom is 0.00952 e. The molecule has 15 heavy (non-hydrogen) atoms. The molecule has 0 bridgehead atoms. The Morgan fingerprint density at radius 3 is 2.27 bits per heavy atom. The number of nitrogens with one attached hydrogen (secondary N) is 1. The molecule has 0 aromatic heterocycles. The summed E-state index contributed by atoms with van der Waals surface area (Å²) in [5.41, 5.74) is 0. The first-order valence-corrected chi connectivity index (χ1v) is 6.87. The molecule has 2 nitrogen and oxygen atoms in total. The molecule has 1 saturated heterocycles. The molecule has 2 heteroatoms. The van der Waals surface area contributed by atoms with Gasteiger partial charge in [-0.3, -0.25) is 0 Å². The Kier molecular flexibility index (Phi) is 4.45. The van der Waals surface area contributed by atoms with E-state index >= 15 is 0 Å². The Labute approximate surface area is 94.4 Å². The van der Waals surface area contributed by atoms with Crippen LogP contribution in [-0.4, -0.2) is 36.6 Å². The highest BCUT2D eigenvalue weighted by molar-refractivity contribution is 4.82. The van der Waals surface area contributed by atoms with Crippen molar-refractivity contribution < 1.29 is 0 Å². The maximum absolute atomic E-state index is 3.58. The molecule has 88 valence electrons. The van der Waals surface area contributed by atoms with E-state index in [4.69, 9.17) is 0 Å². The van der Waals surface area contributed by atoms with E-state index in [1.54, 1.807) is 0 Å². The van der Waals surface area contributed by atoms with E-state index in [0.29, 0.717) is 0 Å². The van der Waals surface area contributed by atoms with Crippen LogP contribution in [0.5, 0.6) is 0 Å². The summed E-state index contributed by atoms with van der Waals surface area (Å²) in [6.45, 7) is 6.02. The average Bonchev–Trinajstić information content (AvgIpc) is 2.32. The van der Waals surface area contributed by atoms with Gasteiger partial charge in [0.05, 0.1) is 0 Å². The summed E-state index contributed by atoms with van der Waals surface area (Å²) < 4.78 is 0. The van der Waals surface area contributed by atoms with Crippen molar-refractivity contribution in [3.05, 3.63) is 0 Å². The molecule has 0 unspecified atom stereocenters. The van der Waals surface area contributed by atoms with Gasteiger partial charge in [-0.15, -0.1) is 0 Å². The highest BCUT2D eigenvalue weighted by Crippen LogP contribution is 2.25.